The van der Waals surface area contributed by atoms with E-state index < -0.39 is 0 Å². The van der Waals surface area contributed by atoms with Crippen LogP contribution >= 0.6 is 0 Å². The summed E-state index contributed by atoms with van der Waals surface area (Å²) < 4.78 is 5.65. The van der Waals surface area contributed by atoms with Crippen LogP contribution in [0.15, 0.2) is 23.2 Å². The Morgan fingerprint density at radius 3 is 3.12 bits per heavy atom. The van der Waals surface area contributed by atoms with Crippen molar-refractivity contribution in [1.29, 1.82) is 0 Å². The summed E-state index contributed by atoms with van der Waals surface area (Å²) in [7, 11) is 0. The molecule has 2 fully saturated rings. The molecule has 0 amide bonds. The average molecular weight is 348 g/mol. The van der Waals surface area contributed by atoms with Crippen LogP contribution in [0.1, 0.15) is 28.8 Å². The zero-order chi connectivity index (χ0) is 17.1. The SMILES string of the molecule is C1=NCc2ccc(Nc3nc(N4CC5CC4CN5)nc4c3COC4)cc21. The van der Waals surface area contributed by atoms with Gasteiger partial charge in [0.1, 0.15) is 5.82 Å². The van der Waals surface area contributed by atoms with E-state index in [1.165, 1.54) is 17.5 Å². The van der Waals surface area contributed by atoms with Crippen molar-refractivity contribution in [2.45, 2.75) is 38.3 Å². The molecule has 2 N–H and O–H groups in total. The van der Waals surface area contributed by atoms with Crippen LogP contribution in [-0.2, 0) is 24.5 Å². The molecule has 4 aliphatic heterocycles. The fourth-order valence-corrected chi connectivity index (χ4v) is 4.39. The largest absolute Gasteiger partial charge is 0.370 e. The van der Waals surface area contributed by atoms with Crippen molar-refractivity contribution in [2.24, 2.45) is 4.99 Å². The Labute approximate surface area is 151 Å². The first-order valence-corrected chi connectivity index (χ1v) is 9.21. The van der Waals surface area contributed by atoms with Gasteiger partial charge in [0.05, 0.1) is 25.5 Å². The van der Waals surface area contributed by atoms with Gasteiger partial charge in [0, 0.05) is 42.6 Å². The van der Waals surface area contributed by atoms with E-state index in [-0.39, 0.29) is 0 Å². The second kappa shape index (κ2) is 5.49. The van der Waals surface area contributed by atoms with Crippen LogP contribution in [0.2, 0.25) is 0 Å². The number of nitrogens with one attached hydrogen (secondary N) is 2. The van der Waals surface area contributed by atoms with E-state index in [1.807, 2.05) is 6.21 Å². The summed E-state index contributed by atoms with van der Waals surface area (Å²) in [4.78, 5) is 16.4. The molecule has 0 saturated carbocycles. The molecule has 132 valence electrons. The van der Waals surface area contributed by atoms with Crippen LogP contribution in [0.4, 0.5) is 17.5 Å². The number of aromatic nitrogens is 2. The predicted octanol–water partition coefficient (Wildman–Crippen LogP) is 1.73. The maximum Gasteiger partial charge on any atom is 0.228 e. The van der Waals surface area contributed by atoms with Crippen LogP contribution in [0.5, 0.6) is 0 Å². The molecule has 1 aromatic carbocycles. The molecule has 7 heteroatoms. The maximum absolute atomic E-state index is 5.65. The molecule has 2 atom stereocenters. The van der Waals surface area contributed by atoms with Gasteiger partial charge in [-0.1, -0.05) is 6.07 Å². The quantitative estimate of drug-likeness (QED) is 0.880. The van der Waals surface area contributed by atoms with Crippen molar-refractivity contribution >= 4 is 23.7 Å². The topological polar surface area (TPSA) is 74.7 Å². The third-order valence-electron chi connectivity index (χ3n) is 5.78. The Kier molecular flexibility index (Phi) is 3.09. The van der Waals surface area contributed by atoms with Gasteiger partial charge in [0.2, 0.25) is 5.95 Å². The minimum Gasteiger partial charge on any atom is -0.370 e. The highest BCUT2D eigenvalue weighted by molar-refractivity contribution is 5.86. The van der Waals surface area contributed by atoms with E-state index in [0.29, 0.717) is 25.3 Å². The predicted molar refractivity (Wildman–Crippen MR) is 99.1 cm³/mol. The summed E-state index contributed by atoms with van der Waals surface area (Å²) in [5.74, 6) is 1.70. The Morgan fingerprint density at radius 2 is 2.23 bits per heavy atom. The number of ether oxygens (including phenoxy) is 1. The highest BCUT2D eigenvalue weighted by atomic mass is 16.5. The zero-order valence-electron chi connectivity index (χ0n) is 14.4. The van der Waals surface area contributed by atoms with Crippen LogP contribution < -0.4 is 15.5 Å². The number of nitrogens with zero attached hydrogens (tertiary/aromatic N) is 4. The number of piperazine rings is 1. The van der Waals surface area contributed by atoms with Gasteiger partial charge in [-0.3, -0.25) is 4.99 Å². The first-order chi connectivity index (χ1) is 12.8. The van der Waals surface area contributed by atoms with Gasteiger partial charge in [0.15, 0.2) is 0 Å². The van der Waals surface area contributed by atoms with E-state index in [1.54, 1.807) is 0 Å². The molecule has 2 aromatic rings. The van der Waals surface area contributed by atoms with Crippen molar-refractivity contribution in [3.63, 3.8) is 0 Å². The lowest BCUT2D eigenvalue weighted by Gasteiger charge is -2.28. The van der Waals surface area contributed by atoms with Gasteiger partial charge in [-0.15, -0.1) is 0 Å². The highest BCUT2D eigenvalue weighted by Crippen LogP contribution is 2.33. The van der Waals surface area contributed by atoms with E-state index in [4.69, 9.17) is 14.7 Å². The summed E-state index contributed by atoms with van der Waals surface area (Å²) in [6.45, 7) is 3.92. The van der Waals surface area contributed by atoms with Crippen molar-refractivity contribution in [3.8, 4) is 0 Å². The normalized spacial score (nSPS) is 25.0. The number of aliphatic imine (C=N–C) groups is 1. The van der Waals surface area contributed by atoms with Crippen LogP contribution in [0, 0.1) is 0 Å². The van der Waals surface area contributed by atoms with Crippen LogP contribution in [0.3, 0.4) is 0 Å². The van der Waals surface area contributed by atoms with Crippen molar-refractivity contribution < 1.29 is 4.74 Å². The summed E-state index contributed by atoms with van der Waals surface area (Å²) >= 11 is 0. The number of benzene rings is 1. The van der Waals surface area contributed by atoms with Gasteiger partial charge in [-0.2, -0.15) is 4.98 Å². The first-order valence-electron chi connectivity index (χ1n) is 9.21. The number of anilines is 3. The molecule has 4 aliphatic rings. The standard InChI is InChI=1S/C19H20N6O/c1-2-13(3-12-6-20-5-11(1)12)22-18-16-9-26-10-17(16)23-19(24-18)25-8-14-4-15(25)7-21-14/h1-3,6,14-15,21H,4-5,7-10H2,(H,22,23,24). The molecule has 0 radical (unpaired) electrons. The van der Waals surface area contributed by atoms with Gasteiger partial charge < -0.3 is 20.3 Å². The summed E-state index contributed by atoms with van der Waals surface area (Å²) in [5.41, 5.74) is 5.56. The van der Waals surface area contributed by atoms with E-state index in [9.17, 15) is 0 Å². The van der Waals surface area contributed by atoms with Gasteiger partial charge in [0.25, 0.3) is 0 Å². The molecule has 2 bridgehead atoms. The Bertz CT molecular complexity index is 926. The minimum atomic E-state index is 0.504. The van der Waals surface area contributed by atoms with Crippen molar-refractivity contribution in [3.05, 3.63) is 40.6 Å². The van der Waals surface area contributed by atoms with Gasteiger partial charge in [-0.05, 0) is 29.7 Å². The lowest BCUT2D eigenvalue weighted by Crippen LogP contribution is -2.44. The van der Waals surface area contributed by atoms with Crippen LogP contribution in [-0.4, -0.2) is 41.4 Å². The van der Waals surface area contributed by atoms with Gasteiger partial charge in [-0.25, -0.2) is 4.98 Å². The number of fused-ring (bicyclic) bond motifs is 4. The second-order valence-corrected chi connectivity index (χ2v) is 7.45. The smallest absolute Gasteiger partial charge is 0.228 e. The maximum atomic E-state index is 5.65. The molecule has 6 rings (SSSR count). The molecule has 0 aliphatic carbocycles. The third-order valence-corrected chi connectivity index (χ3v) is 5.78. The summed E-state index contributed by atoms with van der Waals surface area (Å²) in [5, 5.41) is 7.04. The highest BCUT2D eigenvalue weighted by Gasteiger charge is 2.39. The summed E-state index contributed by atoms with van der Waals surface area (Å²) in [6, 6.07) is 7.44. The van der Waals surface area contributed by atoms with E-state index in [2.05, 4.69) is 38.7 Å². The minimum absolute atomic E-state index is 0.504. The molecule has 7 nitrogen and oxygen atoms in total. The molecule has 1 aromatic heterocycles. The van der Waals surface area contributed by atoms with E-state index in [0.717, 1.165) is 48.3 Å². The zero-order valence-corrected chi connectivity index (χ0v) is 14.4. The molecular weight excluding hydrogens is 328 g/mol. The molecule has 5 heterocycles. The Balaban J connectivity index is 1.37. The Hall–Kier alpha value is -2.51. The Morgan fingerprint density at radius 1 is 1.23 bits per heavy atom. The van der Waals surface area contributed by atoms with E-state index >= 15 is 0 Å². The van der Waals surface area contributed by atoms with Crippen LogP contribution in [0.25, 0.3) is 0 Å². The molecule has 2 saturated heterocycles. The first kappa shape index (κ1) is 14.6. The fourth-order valence-electron chi connectivity index (χ4n) is 4.39. The lowest BCUT2D eigenvalue weighted by molar-refractivity contribution is 0.133. The van der Waals surface area contributed by atoms with Crippen molar-refractivity contribution in [1.82, 2.24) is 15.3 Å². The number of hydrogen-bond acceptors (Lipinski definition) is 7. The third kappa shape index (κ3) is 2.24. The lowest BCUT2D eigenvalue weighted by atomic mass is 10.1. The van der Waals surface area contributed by atoms with Crippen molar-refractivity contribution in [2.75, 3.05) is 23.3 Å². The molecule has 0 spiro atoms. The second-order valence-electron chi connectivity index (χ2n) is 7.45. The average Bonchev–Trinajstić information content (AvgIpc) is 3.43. The summed E-state index contributed by atoms with van der Waals surface area (Å²) in [6.07, 6.45) is 3.12. The number of hydrogen-bond donors (Lipinski definition) is 2. The molecular formula is C19H20N6O. The van der Waals surface area contributed by atoms with Gasteiger partial charge >= 0.3 is 0 Å². The number of rotatable bonds is 3. The fraction of sp³-hybridized carbons (Fsp3) is 0.421. The molecule has 26 heavy (non-hydrogen) atoms. The monoisotopic (exact) mass is 348 g/mol. The molecule has 2 unspecified atom stereocenters.